The van der Waals surface area contributed by atoms with Gasteiger partial charge >= 0.3 is 0 Å². The van der Waals surface area contributed by atoms with Crippen LogP contribution in [0.3, 0.4) is 0 Å². The minimum absolute atomic E-state index is 0.00293. The first kappa shape index (κ1) is 18.0. The van der Waals surface area contributed by atoms with Gasteiger partial charge in [-0.25, -0.2) is 0 Å². The molecule has 2 aromatic rings. The molecule has 0 aromatic heterocycles. The Morgan fingerprint density at radius 1 is 1.25 bits per heavy atom. The number of nitro benzene ring substituents is 1. The summed E-state index contributed by atoms with van der Waals surface area (Å²) in [5, 5.41) is 11.8. The van der Waals surface area contributed by atoms with Crippen LogP contribution in [-0.2, 0) is 11.3 Å². The second kappa shape index (κ2) is 7.95. The van der Waals surface area contributed by atoms with Gasteiger partial charge in [0.15, 0.2) is 0 Å². The Morgan fingerprint density at radius 3 is 2.67 bits per heavy atom. The fourth-order valence-electron chi connectivity index (χ4n) is 2.05. The van der Waals surface area contributed by atoms with Crippen molar-refractivity contribution in [1.82, 2.24) is 4.90 Å². The van der Waals surface area contributed by atoms with Crippen molar-refractivity contribution in [1.29, 1.82) is 0 Å². The van der Waals surface area contributed by atoms with Crippen LogP contribution in [0, 0.1) is 10.1 Å². The van der Waals surface area contributed by atoms with E-state index in [0.29, 0.717) is 21.2 Å². The van der Waals surface area contributed by atoms with Gasteiger partial charge in [-0.1, -0.05) is 41.4 Å². The highest BCUT2D eigenvalue weighted by atomic mass is 35.5. The summed E-state index contributed by atoms with van der Waals surface area (Å²) in [6, 6.07) is 11.2. The molecule has 7 heteroatoms. The summed E-state index contributed by atoms with van der Waals surface area (Å²) in [7, 11) is 1.62. The van der Waals surface area contributed by atoms with Gasteiger partial charge in [-0.15, -0.1) is 0 Å². The number of nitrogens with zero attached hydrogens (tertiary/aromatic N) is 2. The minimum atomic E-state index is -0.465. The van der Waals surface area contributed by atoms with E-state index in [0.717, 1.165) is 0 Å². The highest BCUT2D eigenvalue weighted by Crippen LogP contribution is 2.22. The van der Waals surface area contributed by atoms with E-state index >= 15 is 0 Å². The Labute approximate surface area is 149 Å². The van der Waals surface area contributed by atoms with E-state index < -0.39 is 4.92 Å². The van der Waals surface area contributed by atoms with E-state index in [9.17, 15) is 14.9 Å². The fraction of sp³-hybridized carbons (Fsp3) is 0.118. The highest BCUT2D eigenvalue weighted by molar-refractivity contribution is 6.35. The molecule has 0 atom stereocenters. The predicted octanol–water partition coefficient (Wildman–Crippen LogP) is 4.57. The van der Waals surface area contributed by atoms with Crippen LogP contribution in [-0.4, -0.2) is 22.8 Å². The van der Waals surface area contributed by atoms with Crippen molar-refractivity contribution >= 4 is 40.9 Å². The molecule has 0 saturated carbocycles. The number of halogens is 2. The maximum Gasteiger partial charge on any atom is 0.269 e. The van der Waals surface area contributed by atoms with Crippen molar-refractivity contribution in [2.45, 2.75) is 6.54 Å². The summed E-state index contributed by atoms with van der Waals surface area (Å²) in [6.45, 7) is 0.263. The van der Waals surface area contributed by atoms with Gasteiger partial charge in [-0.3, -0.25) is 14.9 Å². The lowest BCUT2D eigenvalue weighted by molar-refractivity contribution is -0.384. The third-order valence-electron chi connectivity index (χ3n) is 3.29. The molecule has 2 aromatic carbocycles. The van der Waals surface area contributed by atoms with Crippen LogP contribution in [0.5, 0.6) is 0 Å². The Bertz CT molecular complexity index is 806. The summed E-state index contributed by atoms with van der Waals surface area (Å²) < 4.78 is 0. The minimum Gasteiger partial charge on any atom is -0.338 e. The van der Waals surface area contributed by atoms with Gasteiger partial charge in [0.25, 0.3) is 5.69 Å². The number of hydrogen-bond donors (Lipinski definition) is 0. The number of non-ortho nitro benzene ring substituents is 1. The Balaban J connectivity index is 2.05. The van der Waals surface area contributed by atoms with E-state index in [1.807, 2.05) is 0 Å². The quantitative estimate of drug-likeness (QED) is 0.443. The van der Waals surface area contributed by atoms with Gasteiger partial charge in [0.05, 0.1) is 4.92 Å². The molecular weight excluding hydrogens is 351 g/mol. The van der Waals surface area contributed by atoms with Crippen LogP contribution >= 0.6 is 23.2 Å². The van der Waals surface area contributed by atoms with Gasteiger partial charge in [0.1, 0.15) is 0 Å². The molecule has 0 aliphatic heterocycles. The lowest BCUT2D eigenvalue weighted by Gasteiger charge is -2.15. The number of rotatable bonds is 5. The van der Waals surface area contributed by atoms with Gasteiger partial charge in [0, 0.05) is 41.8 Å². The van der Waals surface area contributed by atoms with Gasteiger partial charge in [0.2, 0.25) is 5.91 Å². The van der Waals surface area contributed by atoms with E-state index in [1.54, 1.807) is 43.5 Å². The van der Waals surface area contributed by atoms with E-state index in [-0.39, 0.29) is 18.1 Å². The molecule has 2 rings (SSSR count). The summed E-state index contributed by atoms with van der Waals surface area (Å²) in [4.78, 5) is 23.9. The Morgan fingerprint density at radius 2 is 2.00 bits per heavy atom. The second-order valence-electron chi connectivity index (χ2n) is 5.12. The van der Waals surface area contributed by atoms with E-state index in [4.69, 9.17) is 23.2 Å². The average Bonchev–Trinajstić information content (AvgIpc) is 2.54. The van der Waals surface area contributed by atoms with Crippen molar-refractivity contribution in [2.75, 3.05) is 7.05 Å². The number of amides is 1. The van der Waals surface area contributed by atoms with Crippen LogP contribution in [0.1, 0.15) is 11.1 Å². The maximum absolute atomic E-state index is 12.2. The molecule has 0 aliphatic carbocycles. The molecule has 0 spiro atoms. The number of benzene rings is 2. The number of likely N-dealkylation sites (N-methyl/N-ethyl adjacent to an activating group) is 1. The zero-order valence-electron chi connectivity index (χ0n) is 12.8. The standard InChI is InChI=1S/C17H14Cl2N2O3/c1-20(11-12-3-2-4-15(9-12)21(23)24)17(22)8-6-13-5-7-14(18)10-16(13)19/h2-10H,11H2,1H3/b8-6+. The summed E-state index contributed by atoms with van der Waals surface area (Å²) in [5.41, 5.74) is 1.35. The number of carbonyl (C=O) groups excluding carboxylic acids is 1. The smallest absolute Gasteiger partial charge is 0.269 e. The molecule has 0 saturated heterocycles. The maximum atomic E-state index is 12.2. The van der Waals surface area contributed by atoms with Crippen molar-refractivity contribution in [2.24, 2.45) is 0 Å². The number of hydrogen-bond acceptors (Lipinski definition) is 3. The van der Waals surface area contributed by atoms with Crippen molar-refractivity contribution in [3.05, 3.63) is 79.8 Å². The molecule has 5 nitrogen and oxygen atoms in total. The van der Waals surface area contributed by atoms with Crippen LogP contribution in [0.2, 0.25) is 10.0 Å². The molecular formula is C17H14Cl2N2O3. The zero-order chi connectivity index (χ0) is 17.7. The normalized spacial score (nSPS) is 10.8. The molecule has 24 heavy (non-hydrogen) atoms. The highest BCUT2D eigenvalue weighted by Gasteiger charge is 2.10. The first-order chi connectivity index (χ1) is 11.4. The molecule has 0 heterocycles. The van der Waals surface area contributed by atoms with Crippen molar-refractivity contribution < 1.29 is 9.72 Å². The topological polar surface area (TPSA) is 63.4 Å². The van der Waals surface area contributed by atoms with E-state index in [1.165, 1.54) is 23.1 Å². The van der Waals surface area contributed by atoms with E-state index in [2.05, 4.69) is 0 Å². The third kappa shape index (κ3) is 4.81. The van der Waals surface area contributed by atoms with Crippen LogP contribution in [0.15, 0.2) is 48.5 Å². The zero-order valence-corrected chi connectivity index (χ0v) is 14.3. The molecule has 0 N–H and O–H groups in total. The number of carbonyl (C=O) groups is 1. The van der Waals surface area contributed by atoms with Crippen molar-refractivity contribution in [3.8, 4) is 0 Å². The first-order valence-electron chi connectivity index (χ1n) is 6.98. The summed E-state index contributed by atoms with van der Waals surface area (Å²) >= 11 is 11.9. The molecule has 124 valence electrons. The van der Waals surface area contributed by atoms with Crippen LogP contribution < -0.4 is 0 Å². The number of nitro groups is 1. The molecule has 0 radical (unpaired) electrons. The average molecular weight is 365 g/mol. The third-order valence-corrected chi connectivity index (χ3v) is 3.85. The monoisotopic (exact) mass is 364 g/mol. The Kier molecular flexibility index (Phi) is 5.95. The largest absolute Gasteiger partial charge is 0.338 e. The van der Waals surface area contributed by atoms with Crippen LogP contribution in [0.25, 0.3) is 6.08 Å². The van der Waals surface area contributed by atoms with Gasteiger partial charge in [-0.05, 0) is 29.3 Å². The van der Waals surface area contributed by atoms with Crippen LogP contribution in [0.4, 0.5) is 5.69 Å². The molecule has 0 aliphatic rings. The van der Waals surface area contributed by atoms with Crippen molar-refractivity contribution in [3.63, 3.8) is 0 Å². The predicted molar refractivity (Wildman–Crippen MR) is 95.1 cm³/mol. The molecule has 0 fully saturated rings. The molecule has 0 bridgehead atoms. The van der Waals surface area contributed by atoms with Gasteiger partial charge in [-0.2, -0.15) is 0 Å². The lowest BCUT2D eigenvalue weighted by Crippen LogP contribution is -2.24. The lowest BCUT2D eigenvalue weighted by atomic mass is 10.2. The molecule has 0 unspecified atom stereocenters. The summed E-state index contributed by atoms with van der Waals surface area (Å²) in [6.07, 6.45) is 3.00. The SMILES string of the molecule is CN(Cc1cccc([N+](=O)[O-])c1)C(=O)/C=C/c1ccc(Cl)cc1Cl. The molecule has 1 amide bonds. The van der Waals surface area contributed by atoms with Gasteiger partial charge < -0.3 is 4.90 Å². The summed E-state index contributed by atoms with van der Waals surface area (Å²) in [5.74, 6) is -0.243. The fourth-order valence-corrected chi connectivity index (χ4v) is 2.52. The first-order valence-corrected chi connectivity index (χ1v) is 7.74. The second-order valence-corrected chi connectivity index (χ2v) is 5.96. The Hall–Kier alpha value is -2.37.